The number of amides is 1. The number of pyridine rings is 1. The summed E-state index contributed by atoms with van der Waals surface area (Å²) in [6.07, 6.45) is 9.22. The molecule has 0 radical (unpaired) electrons. The first-order valence-corrected chi connectivity index (χ1v) is 10.2. The molecule has 1 fully saturated rings. The van der Waals surface area contributed by atoms with Crippen molar-refractivity contribution in [2.24, 2.45) is 17.3 Å². The Kier molecular flexibility index (Phi) is 6.08. The number of hydrogen-bond acceptors (Lipinski definition) is 6. The predicted molar refractivity (Wildman–Crippen MR) is 113 cm³/mol. The predicted octanol–water partition coefficient (Wildman–Crippen LogP) is 3.78. The summed E-state index contributed by atoms with van der Waals surface area (Å²) in [5.74, 6) is 0.841. The van der Waals surface area contributed by atoms with Gasteiger partial charge in [0.25, 0.3) is 0 Å². The zero-order valence-electron chi connectivity index (χ0n) is 17.5. The molecule has 2 aromatic heterocycles. The van der Waals surface area contributed by atoms with Gasteiger partial charge in [-0.05, 0) is 37.5 Å². The van der Waals surface area contributed by atoms with E-state index in [4.69, 9.17) is 9.47 Å². The van der Waals surface area contributed by atoms with Crippen molar-refractivity contribution in [3.8, 4) is 5.75 Å². The molecular formula is C23H25FN4O3. The molecule has 1 unspecified atom stereocenters. The van der Waals surface area contributed by atoms with E-state index in [9.17, 15) is 9.18 Å². The second kappa shape index (κ2) is 8.93. The fourth-order valence-electron chi connectivity index (χ4n) is 4.12. The van der Waals surface area contributed by atoms with Crippen LogP contribution in [0.2, 0.25) is 0 Å². The Morgan fingerprint density at radius 2 is 2.23 bits per heavy atom. The van der Waals surface area contributed by atoms with Crippen molar-refractivity contribution < 1.29 is 18.7 Å². The lowest BCUT2D eigenvalue weighted by Crippen LogP contribution is -2.30. The molecule has 2 aromatic rings. The summed E-state index contributed by atoms with van der Waals surface area (Å²) in [6.45, 7) is 2.33. The second-order valence-corrected chi connectivity index (χ2v) is 7.95. The fraction of sp³-hybridized carbons (Fsp3) is 0.391. The number of carbonyl (C=O) groups excluding carboxylic acids is 1. The number of carbonyl (C=O) groups is 1. The fourth-order valence-corrected chi connectivity index (χ4v) is 4.12. The van der Waals surface area contributed by atoms with Crippen molar-refractivity contribution in [2.45, 2.75) is 26.4 Å². The normalized spacial score (nSPS) is 24.4. The lowest BCUT2D eigenvalue weighted by molar-refractivity contribution is -0.118. The van der Waals surface area contributed by atoms with E-state index in [1.165, 1.54) is 6.08 Å². The molecule has 4 rings (SSSR count). The van der Waals surface area contributed by atoms with E-state index in [1.807, 2.05) is 12.1 Å². The van der Waals surface area contributed by atoms with Gasteiger partial charge in [-0.1, -0.05) is 18.2 Å². The number of nitrogens with zero attached hydrogens (tertiary/aromatic N) is 3. The molecular weight excluding hydrogens is 399 g/mol. The molecule has 2 aliphatic rings. The maximum atomic E-state index is 14.1. The number of allylic oxidation sites excluding steroid dienone is 4. The van der Waals surface area contributed by atoms with E-state index < -0.39 is 5.41 Å². The van der Waals surface area contributed by atoms with Crippen LogP contribution in [0.1, 0.15) is 24.4 Å². The first-order chi connectivity index (χ1) is 15.0. The van der Waals surface area contributed by atoms with Crippen molar-refractivity contribution in [1.82, 2.24) is 15.0 Å². The number of hydrogen-bond donors (Lipinski definition) is 1. The molecule has 0 bridgehead atoms. The second-order valence-electron chi connectivity index (χ2n) is 7.95. The van der Waals surface area contributed by atoms with Gasteiger partial charge in [-0.15, -0.1) is 0 Å². The van der Waals surface area contributed by atoms with Crippen LogP contribution in [0.4, 0.5) is 10.2 Å². The molecule has 0 spiro atoms. The Bertz CT molecular complexity index is 1010. The molecule has 0 aromatic carbocycles. The molecule has 1 saturated carbocycles. The maximum Gasteiger partial charge on any atom is 0.229 e. The van der Waals surface area contributed by atoms with Gasteiger partial charge in [0.05, 0.1) is 19.4 Å². The Labute approximate surface area is 180 Å². The average Bonchev–Trinajstić information content (AvgIpc) is 3.50. The van der Waals surface area contributed by atoms with Gasteiger partial charge in [0.1, 0.15) is 23.2 Å². The first kappa shape index (κ1) is 21.1. The van der Waals surface area contributed by atoms with Gasteiger partial charge >= 0.3 is 0 Å². The molecule has 162 valence electrons. The summed E-state index contributed by atoms with van der Waals surface area (Å²) in [7, 11) is 1.59. The SMILES string of the molecule is COCc1nc(C)ncc1OC[C@@]1(C2C=CC=C(F)C2)C[C@H]1C(=O)Nc1ccccn1. The van der Waals surface area contributed by atoms with Crippen molar-refractivity contribution in [3.63, 3.8) is 0 Å². The Morgan fingerprint density at radius 3 is 2.97 bits per heavy atom. The topological polar surface area (TPSA) is 86.2 Å². The van der Waals surface area contributed by atoms with Gasteiger partial charge in [0.2, 0.25) is 5.91 Å². The van der Waals surface area contributed by atoms with E-state index >= 15 is 0 Å². The average molecular weight is 424 g/mol. The number of nitrogens with one attached hydrogen (secondary N) is 1. The summed E-state index contributed by atoms with van der Waals surface area (Å²) < 4.78 is 25.4. The largest absolute Gasteiger partial charge is 0.489 e. The van der Waals surface area contributed by atoms with Gasteiger partial charge < -0.3 is 14.8 Å². The highest BCUT2D eigenvalue weighted by Crippen LogP contribution is 2.60. The maximum absolute atomic E-state index is 14.1. The van der Waals surface area contributed by atoms with Gasteiger partial charge in [-0.2, -0.15) is 0 Å². The molecule has 31 heavy (non-hydrogen) atoms. The van der Waals surface area contributed by atoms with Crippen LogP contribution in [-0.4, -0.2) is 34.6 Å². The van der Waals surface area contributed by atoms with E-state index in [0.717, 1.165) is 0 Å². The molecule has 0 aliphatic heterocycles. The highest BCUT2D eigenvalue weighted by atomic mass is 19.1. The van der Waals surface area contributed by atoms with E-state index in [-0.39, 0.29) is 43.2 Å². The lowest BCUT2D eigenvalue weighted by Gasteiger charge is -2.27. The number of anilines is 1. The molecule has 3 atom stereocenters. The van der Waals surface area contributed by atoms with Gasteiger partial charge in [-0.25, -0.2) is 19.3 Å². The van der Waals surface area contributed by atoms with Crippen LogP contribution in [0.15, 0.2) is 54.6 Å². The van der Waals surface area contributed by atoms with Crippen LogP contribution in [0.3, 0.4) is 0 Å². The molecule has 2 aliphatic carbocycles. The summed E-state index contributed by atoms with van der Waals surface area (Å²) in [6, 6.07) is 5.33. The zero-order chi connectivity index (χ0) is 21.8. The van der Waals surface area contributed by atoms with Crippen LogP contribution in [0.5, 0.6) is 5.75 Å². The molecule has 2 heterocycles. The summed E-state index contributed by atoms with van der Waals surface area (Å²) >= 11 is 0. The highest BCUT2D eigenvalue weighted by molar-refractivity contribution is 5.94. The first-order valence-electron chi connectivity index (χ1n) is 10.2. The van der Waals surface area contributed by atoms with E-state index in [2.05, 4.69) is 20.3 Å². The van der Waals surface area contributed by atoms with Crippen LogP contribution in [0, 0.1) is 24.2 Å². The Hall–Kier alpha value is -3.13. The standard InChI is InChI=1S/C23H25FN4O3/c1-15-26-12-20(19(27-15)13-30-2)31-14-23(16-6-5-7-17(24)10-16)11-18(23)22(29)28-21-8-3-4-9-25-21/h3-9,12,16,18H,10-11,13-14H2,1-2H3,(H,25,28,29)/t16?,18-,23+/m0/s1. The van der Waals surface area contributed by atoms with Crippen molar-refractivity contribution in [3.05, 3.63) is 66.2 Å². The van der Waals surface area contributed by atoms with Gasteiger partial charge in [-0.3, -0.25) is 4.79 Å². The van der Waals surface area contributed by atoms with Crippen molar-refractivity contribution >= 4 is 11.7 Å². The smallest absolute Gasteiger partial charge is 0.229 e. The number of halogens is 1. The van der Waals surface area contributed by atoms with Crippen LogP contribution >= 0.6 is 0 Å². The summed E-state index contributed by atoms with van der Waals surface area (Å²) in [4.78, 5) is 25.7. The molecule has 7 nitrogen and oxygen atoms in total. The quantitative estimate of drug-likeness (QED) is 0.694. The number of rotatable bonds is 8. The third-order valence-corrected chi connectivity index (χ3v) is 5.85. The van der Waals surface area contributed by atoms with Crippen molar-refractivity contribution in [1.29, 1.82) is 0 Å². The van der Waals surface area contributed by atoms with Gasteiger partial charge in [0, 0.05) is 31.1 Å². The van der Waals surface area contributed by atoms with Gasteiger partial charge in [0.15, 0.2) is 5.75 Å². The van der Waals surface area contributed by atoms with E-state index in [1.54, 1.807) is 44.6 Å². The zero-order valence-corrected chi connectivity index (χ0v) is 17.5. The Morgan fingerprint density at radius 1 is 1.35 bits per heavy atom. The number of aryl methyl sites for hydroxylation is 1. The van der Waals surface area contributed by atoms with Crippen LogP contribution in [0.25, 0.3) is 0 Å². The van der Waals surface area contributed by atoms with Crippen LogP contribution < -0.4 is 10.1 Å². The number of aromatic nitrogens is 3. The molecule has 8 heteroatoms. The minimum atomic E-state index is -0.518. The van der Waals surface area contributed by atoms with Crippen LogP contribution in [-0.2, 0) is 16.1 Å². The monoisotopic (exact) mass is 424 g/mol. The molecule has 1 amide bonds. The molecule has 1 N–H and O–H groups in total. The van der Waals surface area contributed by atoms with E-state index in [0.29, 0.717) is 29.5 Å². The third-order valence-electron chi connectivity index (χ3n) is 5.85. The summed E-state index contributed by atoms with van der Waals surface area (Å²) in [5.41, 5.74) is 0.126. The van der Waals surface area contributed by atoms with Crippen molar-refractivity contribution in [2.75, 3.05) is 19.0 Å². The number of methoxy groups -OCH3 is 1. The lowest BCUT2D eigenvalue weighted by atomic mass is 9.82. The number of ether oxygens (including phenoxy) is 2. The highest BCUT2D eigenvalue weighted by Gasteiger charge is 2.62. The summed E-state index contributed by atoms with van der Waals surface area (Å²) in [5, 5.41) is 2.86. The third kappa shape index (κ3) is 4.64. The molecule has 0 saturated heterocycles. The minimum absolute atomic E-state index is 0.136. The minimum Gasteiger partial charge on any atom is -0.489 e. The Balaban J connectivity index is 1.53.